The van der Waals surface area contributed by atoms with Crippen LogP contribution in [0, 0.1) is 6.92 Å². The molecule has 0 radical (unpaired) electrons. The third-order valence-electron chi connectivity index (χ3n) is 2.54. The van der Waals surface area contributed by atoms with Gasteiger partial charge in [0.25, 0.3) is 0 Å². The fraction of sp³-hybridized carbons (Fsp3) is 0.625. The van der Waals surface area contributed by atoms with E-state index >= 15 is 0 Å². The molecule has 2 N–H and O–H groups in total. The van der Waals surface area contributed by atoms with E-state index in [-0.39, 0.29) is 18.0 Å². The van der Waals surface area contributed by atoms with Crippen molar-refractivity contribution in [3.63, 3.8) is 0 Å². The van der Waals surface area contributed by atoms with Crippen LogP contribution in [0.15, 0.2) is 0 Å². The average Bonchev–Trinajstić information content (AvgIpc) is 2.73. The Kier molecular flexibility index (Phi) is 1.83. The quantitative estimate of drug-likeness (QED) is 0.793. The molecule has 78 valence electrons. The zero-order chi connectivity index (χ0) is 10.6. The number of nitrogens with zero attached hydrogens (tertiary/aromatic N) is 1. The Morgan fingerprint density at radius 1 is 1.43 bits per heavy atom. The Labute approximate surface area is 82.9 Å². The summed E-state index contributed by atoms with van der Waals surface area (Å²) in [5.74, 6) is 0. The van der Waals surface area contributed by atoms with Crippen LogP contribution in [0.1, 0.15) is 23.4 Å². The van der Waals surface area contributed by atoms with Crippen molar-refractivity contribution in [1.82, 2.24) is 4.98 Å². The van der Waals surface area contributed by atoms with Gasteiger partial charge < -0.3 is 5.73 Å². The van der Waals surface area contributed by atoms with Gasteiger partial charge in [-0.05, 0) is 19.8 Å². The molecule has 0 unspecified atom stereocenters. The minimum absolute atomic E-state index is 0.166. The Morgan fingerprint density at radius 2 is 2.00 bits per heavy atom. The summed E-state index contributed by atoms with van der Waals surface area (Å²) in [7, 11) is 0. The maximum atomic E-state index is 12.7. The van der Waals surface area contributed by atoms with E-state index in [4.69, 9.17) is 5.73 Å². The molecule has 1 saturated carbocycles. The van der Waals surface area contributed by atoms with E-state index < -0.39 is 11.6 Å². The molecule has 0 saturated heterocycles. The van der Waals surface area contributed by atoms with Crippen LogP contribution in [0.25, 0.3) is 0 Å². The summed E-state index contributed by atoms with van der Waals surface area (Å²) in [5, 5.41) is 0.216. The zero-order valence-corrected chi connectivity index (χ0v) is 8.30. The molecule has 1 aromatic heterocycles. The van der Waals surface area contributed by atoms with Gasteiger partial charge in [0.05, 0.1) is 5.69 Å². The second kappa shape index (κ2) is 2.62. The standard InChI is InChI=1S/C8H9F3N2S/c1-4-5(14-6(12)13-4)7(2-3-7)8(9,10)11/h2-3H2,1H3,(H2,12,13). The first-order chi connectivity index (χ1) is 6.37. The van der Waals surface area contributed by atoms with Gasteiger partial charge in [0.2, 0.25) is 0 Å². The number of aromatic nitrogens is 1. The predicted octanol–water partition coefficient (Wildman–Crippen LogP) is 2.63. The van der Waals surface area contributed by atoms with E-state index in [1.807, 2.05) is 0 Å². The van der Waals surface area contributed by atoms with Crippen LogP contribution >= 0.6 is 11.3 Å². The van der Waals surface area contributed by atoms with Gasteiger partial charge in [-0.3, -0.25) is 0 Å². The summed E-state index contributed by atoms with van der Waals surface area (Å²) in [5.41, 5.74) is 4.17. The summed E-state index contributed by atoms with van der Waals surface area (Å²) in [6.45, 7) is 1.58. The Hall–Kier alpha value is -0.780. The topological polar surface area (TPSA) is 38.9 Å². The van der Waals surface area contributed by atoms with Crippen molar-refractivity contribution < 1.29 is 13.2 Å². The van der Waals surface area contributed by atoms with Crippen molar-refractivity contribution in [2.24, 2.45) is 0 Å². The third-order valence-corrected chi connectivity index (χ3v) is 3.73. The molecule has 0 amide bonds. The molecule has 1 aliphatic rings. The number of alkyl halides is 3. The number of nitrogens with two attached hydrogens (primary N) is 1. The number of hydrogen-bond acceptors (Lipinski definition) is 3. The van der Waals surface area contributed by atoms with Gasteiger partial charge in [-0.25, -0.2) is 4.98 Å². The average molecular weight is 222 g/mol. The molecule has 1 fully saturated rings. The second-order valence-electron chi connectivity index (χ2n) is 3.55. The van der Waals surface area contributed by atoms with Crippen molar-refractivity contribution >= 4 is 16.5 Å². The van der Waals surface area contributed by atoms with Crippen molar-refractivity contribution in [1.29, 1.82) is 0 Å². The van der Waals surface area contributed by atoms with Gasteiger partial charge in [0, 0.05) is 4.88 Å². The minimum atomic E-state index is -4.17. The zero-order valence-electron chi connectivity index (χ0n) is 7.48. The van der Waals surface area contributed by atoms with Gasteiger partial charge >= 0.3 is 6.18 Å². The first-order valence-corrected chi connectivity index (χ1v) is 4.98. The molecular weight excluding hydrogens is 213 g/mol. The molecule has 1 aromatic rings. The third kappa shape index (κ3) is 1.20. The number of rotatable bonds is 1. The number of hydrogen-bond donors (Lipinski definition) is 1. The summed E-state index contributed by atoms with van der Waals surface area (Å²) >= 11 is 0.957. The van der Waals surface area contributed by atoms with Crippen LogP contribution in [0.3, 0.4) is 0 Å². The lowest BCUT2D eigenvalue weighted by atomic mass is 10.0. The minimum Gasteiger partial charge on any atom is -0.375 e. The lowest BCUT2D eigenvalue weighted by molar-refractivity contribution is -0.160. The molecule has 0 spiro atoms. The van der Waals surface area contributed by atoms with Gasteiger partial charge in [-0.1, -0.05) is 0 Å². The SMILES string of the molecule is Cc1nc(N)sc1C1(C(F)(F)F)CC1. The van der Waals surface area contributed by atoms with E-state index in [1.165, 1.54) is 0 Å². The normalized spacial score (nSPS) is 19.7. The lowest BCUT2D eigenvalue weighted by Gasteiger charge is -2.17. The van der Waals surface area contributed by atoms with Gasteiger partial charge in [0.1, 0.15) is 5.41 Å². The highest BCUT2D eigenvalue weighted by molar-refractivity contribution is 7.15. The van der Waals surface area contributed by atoms with Crippen molar-refractivity contribution in [3.8, 4) is 0 Å². The molecular formula is C8H9F3N2S. The van der Waals surface area contributed by atoms with E-state index in [1.54, 1.807) is 6.92 Å². The number of halogens is 3. The highest BCUT2D eigenvalue weighted by Crippen LogP contribution is 2.61. The van der Waals surface area contributed by atoms with E-state index in [0.717, 1.165) is 11.3 Å². The van der Waals surface area contributed by atoms with Crippen LogP contribution in [-0.4, -0.2) is 11.2 Å². The number of thiazole rings is 1. The van der Waals surface area contributed by atoms with Crippen LogP contribution < -0.4 is 5.73 Å². The Bertz CT molecular complexity index is 365. The molecule has 14 heavy (non-hydrogen) atoms. The fourth-order valence-electron chi connectivity index (χ4n) is 1.63. The molecule has 2 rings (SSSR count). The summed E-state index contributed by atoms with van der Waals surface area (Å²) in [4.78, 5) is 4.12. The summed E-state index contributed by atoms with van der Waals surface area (Å²) in [6.07, 6.45) is -3.84. The monoisotopic (exact) mass is 222 g/mol. The number of nitrogen functional groups attached to an aromatic ring is 1. The van der Waals surface area contributed by atoms with Gasteiger partial charge in [-0.15, -0.1) is 11.3 Å². The molecule has 6 heteroatoms. The largest absolute Gasteiger partial charge is 0.399 e. The summed E-state index contributed by atoms with van der Waals surface area (Å²) < 4.78 is 38.1. The summed E-state index contributed by atoms with van der Waals surface area (Å²) in [6, 6.07) is 0. The van der Waals surface area contributed by atoms with Gasteiger partial charge in [0.15, 0.2) is 5.13 Å². The molecule has 0 bridgehead atoms. The maximum absolute atomic E-state index is 12.7. The molecule has 0 atom stereocenters. The lowest BCUT2D eigenvalue weighted by Crippen LogP contribution is -2.28. The van der Waals surface area contributed by atoms with Crippen molar-refractivity contribution in [2.75, 3.05) is 5.73 Å². The second-order valence-corrected chi connectivity index (χ2v) is 4.58. The molecule has 1 aliphatic carbocycles. The van der Waals surface area contributed by atoms with Crippen LogP contribution in [0.2, 0.25) is 0 Å². The predicted molar refractivity (Wildman–Crippen MR) is 48.2 cm³/mol. The smallest absolute Gasteiger partial charge is 0.375 e. The van der Waals surface area contributed by atoms with E-state index in [0.29, 0.717) is 10.6 Å². The Balaban J connectivity index is 2.45. The van der Waals surface area contributed by atoms with E-state index in [2.05, 4.69) is 4.98 Å². The van der Waals surface area contributed by atoms with Gasteiger partial charge in [-0.2, -0.15) is 13.2 Å². The van der Waals surface area contributed by atoms with Crippen molar-refractivity contribution in [3.05, 3.63) is 10.6 Å². The first-order valence-electron chi connectivity index (χ1n) is 4.17. The molecule has 0 aromatic carbocycles. The van der Waals surface area contributed by atoms with Crippen molar-refractivity contribution in [2.45, 2.75) is 31.4 Å². The highest BCUT2D eigenvalue weighted by atomic mass is 32.1. The molecule has 1 heterocycles. The number of anilines is 1. The maximum Gasteiger partial charge on any atom is 0.399 e. The molecule has 2 nitrogen and oxygen atoms in total. The van der Waals surface area contributed by atoms with E-state index in [9.17, 15) is 13.2 Å². The highest BCUT2D eigenvalue weighted by Gasteiger charge is 2.65. The first kappa shape index (κ1) is 9.76. The Morgan fingerprint density at radius 3 is 2.29 bits per heavy atom. The molecule has 0 aliphatic heterocycles. The van der Waals surface area contributed by atoms with Crippen LogP contribution in [0.5, 0.6) is 0 Å². The fourth-order valence-corrected chi connectivity index (χ4v) is 2.73. The number of aryl methyl sites for hydroxylation is 1. The van der Waals surface area contributed by atoms with Crippen LogP contribution in [0.4, 0.5) is 18.3 Å². The van der Waals surface area contributed by atoms with Crippen LogP contribution in [-0.2, 0) is 5.41 Å².